The minimum Gasteiger partial charge on any atom is -0.471 e. The molecule has 34 heavy (non-hydrogen) atoms. The number of methoxy groups -OCH3 is 1. The summed E-state index contributed by atoms with van der Waals surface area (Å²) in [6.07, 6.45) is 1.59. The normalized spacial score (nSPS) is 10.6. The number of thiophene rings is 1. The van der Waals surface area contributed by atoms with Gasteiger partial charge in [0.15, 0.2) is 12.4 Å². The second kappa shape index (κ2) is 10.7. The van der Waals surface area contributed by atoms with Crippen molar-refractivity contribution in [3.05, 3.63) is 62.2 Å². The Kier molecular flexibility index (Phi) is 7.95. The number of rotatable bonds is 8. The number of carbonyl (C=O) groups excluding carboxylic acids is 3. The summed E-state index contributed by atoms with van der Waals surface area (Å²) in [5.41, 5.74) is 2.36. The summed E-state index contributed by atoms with van der Waals surface area (Å²) in [6.45, 7) is 7.31. The fraction of sp³-hybridized carbons (Fsp3) is 0.304. The number of benzene rings is 1. The van der Waals surface area contributed by atoms with Gasteiger partial charge in [0.05, 0.1) is 19.3 Å². The van der Waals surface area contributed by atoms with E-state index in [2.05, 4.69) is 10.4 Å². The van der Waals surface area contributed by atoms with Gasteiger partial charge in [0, 0.05) is 11.2 Å². The molecule has 3 aromatic rings. The third-order valence-electron chi connectivity index (χ3n) is 4.87. The Morgan fingerprint density at radius 1 is 1.15 bits per heavy atom. The molecule has 0 saturated heterocycles. The molecule has 0 radical (unpaired) electrons. The number of hydrogen-bond donors (Lipinski definition) is 1. The summed E-state index contributed by atoms with van der Waals surface area (Å²) in [5, 5.41) is 7.73. The average molecular weight is 506 g/mol. The molecule has 9 nitrogen and oxygen atoms in total. The summed E-state index contributed by atoms with van der Waals surface area (Å²) < 4.78 is 17.1. The molecule has 2 aromatic heterocycles. The van der Waals surface area contributed by atoms with Crippen LogP contribution in [-0.4, -0.2) is 41.3 Å². The van der Waals surface area contributed by atoms with Gasteiger partial charge < -0.3 is 19.5 Å². The van der Waals surface area contributed by atoms with Crippen molar-refractivity contribution in [3.8, 4) is 5.75 Å². The predicted octanol–water partition coefficient (Wildman–Crippen LogP) is 4.78. The minimum absolute atomic E-state index is 0.0757. The van der Waals surface area contributed by atoms with Gasteiger partial charge >= 0.3 is 11.9 Å². The molecular formula is C23H24ClN3O6S. The van der Waals surface area contributed by atoms with E-state index in [0.29, 0.717) is 16.3 Å². The highest BCUT2D eigenvalue weighted by Crippen LogP contribution is 2.34. The second-order valence-electron chi connectivity index (χ2n) is 7.31. The summed E-state index contributed by atoms with van der Waals surface area (Å²) in [5.74, 6) is -1.18. The number of halogens is 1. The van der Waals surface area contributed by atoms with E-state index >= 15 is 0 Å². The molecule has 1 N–H and O–H groups in total. The number of esters is 2. The lowest BCUT2D eigenvalue weighted by atomic mass is 10.1. The molecule has 0 saturated carbocycles. The average Bonchev–Trinajstić information content (AvgIpc) is 3.40. The van der Waals surface area contributed by atoms with Crippen LogP contribution in [0.3, 0.4) is 0 Å². The van der Waals surface area contributed by atoms with Crippen LogP contribution in [0.5, 0.6) is 5.75 Å². The lowest BCUT2D eigenvalue weighted by molar-refractivity contribution is 0.0531. The fourth-order valence-corrected chi connectivity index (χ4v) is 4.39. The van der Waals surface area contributed by atoms with E-state index in [4.69, 9.17) is 25.8 Å². The van der Waals surface area contributed by atoms with E-state index in [9.17, 15) is 14.4 Å². The molecule has 0 atom stereocenters. The van der Waals surface area contributed by atoms with E-state index in [0.717, 1.165) is 22.5 Å². The van der Waals surface area contributed by atoms with Crippen LogP contribution in [0.4, 0.5) is 5.00 Å². The van der Waals surface area contributed by atoms with Crippen molar-refractivity contribution in [1.29, 1.82) is 0 Å². The maximum Gasteiger partial charge on any atom is 0.348 e. The highest BCUT2D eigenvalue weighted by Gasteiger charge is 2.27. The first-order valence-electron chi connectivity index (χ1n) is 10.3. The van der Waals surface area contributed by atoms with Crippen molar-refractivity contribution < 1.29 is 28.6 Å². The first-order valence-corrected chi connectivity index (χ1v) is 11.5. The summed E-state index contributed by atoms with van der Waals surface area (Å²) in [6, 6.07) is 5.16. The fourth-order valence-electron chi connectivity index (χ4n) is 3.19. The van der Waals surface area contributed by atoms with Gasteiger partial charge in [-0.2, -0.15) is 5.10 Å². The number of amides is 1. The number of aryl methyl sites for hydroxylation is 2. The number of carbonyl (C=O) groups is 3. The Morgan fingerprint density at radius 2 is 1.82 bits per heavy atom. The van der Waals surface area contributed by atoms with Gasteiger partial charge in [-0.15, -0.1) is 11.3 Å². The van der Waals surface area contributed by atoms with E-state index in [1.807, 2.05) is 26.0 Å². The largest absolute Gasteiger partial charge is 0.471 e. The molecule has 0 unspecified atom stereocenters. The van der Waals surface area contributed by atoms with E-state index < -0.39 is 17.8 Å². The quantitative estimate of drug-likeness (QED) is 0.439. The zero-order valence-electron chi connectivity index (χ0n) is 19.4. The van der Waals surface area contributed by atoms with Crippen LogP contribution < -0.4 is 10.1 Å². The van der Waals surface area contributed by atoms with Gasteiger partial charge in [0.1, 0.15) is 15.6 Å². The molecule has 0 spiro atoms. The number of nitrogens with zero attached hydrogens (tertiary/aromatic N) is 2. The molecule has 2 heterocycles. The third kappa shape index (κ3) is 5.40. The maximum atomic E-state index is 12.8. The highest BCUT2D eigenvalue weighted by atomic mass is 35.5. The van der Waals surface area contributed by atoms with Gasteiger partial charge in [-0.1, -0.05) is 11.6 Å². The van der Waals surface area contributed by atoms with Crippen molar-refractivity contribution in [2.24, 2.45) is 0 Å². The van der Waals surface area contributed by atoms with Crippen LogP contribution in [0, 0.1) is 20.8 Å². The summed E-state index contributed by atoms with van der Waals surface area (Å²) >= 11 is 7.13. The van der Waals surface area contributed by atoms with E-state index in [-0.39, 0.29) is 34.5 Å². The third-order valence-corrected chi connectivity index (χ3v) is 6.65. The van der Waals surface area contributed by atoms with Gasteiger partial charge in [0.2, 0.25) is 0 Å². The topological polar surface area (TPSA) is 109 Å². The predicted molar refractivity (Wildman–Crippen MR) is 128 cm³/mol. The molecule has 11 heteroatoms. The van der Waals surface area contributed by atoms with E-state index in [1.165, 1.54) is 17.9 Å². The van der Waals surface area contributed by atoms with E-state index in [1.54, 1.807) is 20.0 Å². The van der Waals surface area contributed by atoms with Crippen molar-refractivity contribution in [2.45, 2.75) is 34.4 Å². The Labute approximate surface area is 205 Å². The standard InChI is InChI=1S/C23H24ClN3O6S/c1-6-32-23(30)19-14(4)17(22(29)31-5)21(34-19)25-20(28)16-7-8-27(26-16)11-33-15-9-12(2)18(24)13(3)10-15/h7-10H,6,11H2,1-5H3,(H,25,28). The summed E-state index contributed by atoms with van der Waals surface area (Å²) in [4.78, 5) is 37.6. The lowest BCUT2D eigenvalue weighted by Gasteiger charge is -2.10. The van der Waals surface area contributed by atoms with Gasteiger partial charge in [-0.05, 0) is 62.6 Å². The Bertz CT molecular complexity index is 1230. The van der Waals surface area contributed by atoms with Crippen LogP contribution in [0.25, 0.3) is 0 Å². The molecule has 0 bridgehead atoms. The van der Waals surface area contributed by atoms with Crippen LogP contribution in [-0.2, 0) is 16.2 Å². The highest BCUT2D eigenvalue weighted by molar-refractivity contribution is 7.18. The van der Waals surface area contributed by atoms with Crippen LogP contribution >= 0.6 is 22.9 Å². The minimum atomic E-state index is -0.674. The molecular weight excluding hydrogens is 482 g/mol. The van der Waals surface area contributed by atoms with Crippen LogP contribution in [0.2, 0.25) is 5.02 Å². The Balaban J connectivity index is 1.76. The molecule has 0 aliphatic carbocycles. The molecule has 0 aliphatic rings. The van der Waals surface area contributed by atoms with Gasteiger partial charge in [0.25, 0.3) is 5.91 Å². The number of nitrogens with one attached hydrogen (secondary N) is 1. The number of aromatic nitrogens is 2. The van der Waals surface area contributed by atoms with Crippen molar-refractivity contribution in [1.82, 2.24) is 9.78 Å². The molecule has 0 fully saturated rings. The van der Waals surface area contributed by atoms with Crippen molar-refractivity contribution in [2.75, 3.05) is 19.0 Å². The zero-order valence-corrected chi connectivity index (χ0v) is 20.9. The number of hydrogen-bond acceptors (Lipinski definition) is 8. The Hall–Kier alpha value is -3.37. The monoisotopic (exact) mass is 505 g/mol. The van der Waals surface area contributed by atoms with Crippen LogP contribution in [0.15, 0.2) is 24.4 Å². The smallest absolute Gasteiger partial charge is 0.348 e. The summed E-state index contributed by atoms with van der Waals surface area (Å²) in [7, 11) is 1.22. The molecule has 1 amide bonds. The zero-order chi connectivity index (χ0) is 25.0. The lowest BCUT2D eigenvalue weighted by Crippen LogP contribution is -2.16. The molecule has 180 valence electrons. The molecule has 1 aromatic carbocycles. The van der Waals surface area contributed by atoms with Gasteiger partial charge in [-0.3, -0.25) is 4.79 Å². The SMILES string of the molecule is CCOC(=O)c1sc(NC(=O)c2ccn(COc3cc(C)c(Cl)c(C)c3)n2)c(C(=O)OC)c1C. The number of ether oxygens (including phenoxy) is 3. The van der Waals surface area contributed by atoms with Gasteiger partial charge in [-0.25, -0.2) is 14.3 Å². The Morgan fingerprint density at radius 3 is 2.44 bits per heavy atom. The maximum absolute atomic E-state index is 12.8. The molecule has 3 rings (SSSR count). The van der Waals surface area contributed by atoms with Crippen molar-refractivity contribution >= 4 is 45.8 Å². The van der Waals surface area contributed by atoms with Crippen LogP contribution in [0.1, 0.15) is 54.1 Å². The first-order chi connectivity index (χ1) is 16.2. The molecule has 0 aliphatic heterocycles. The first kappa shape index (κ1) is 25.3. The van der Waals surface area contributed by atoms with Crippen molar-refractivity contribution in [3.63, 3.8) is 0 Å². The second-order valence-corrected chi connectivity index (χ2v) is 8.71. The number of anilines is 1.